The standard InChI is InChI=1S/C11H11N4O2S.Na/c1-8-6-7-13-11(14-8)15-18(16,17)10-4-2-9(12)3-5-10;/h2-7H,12H2,1H3;/q-1;+1. The number of hydrogen-bond acceptors (Lipinski definition) is 5. The van der Waals surface area contributed by atoms with E-state index in [9.17, 15) is 8.42 Å². The first-order chi connectivity index (χ1) is 8.47. The van der Waals surface area contributed by atoms with Gasteiger partial charge in [-0.25, -0.2) is 8.42 Å². The third-order valence-corrected chi connectivity index (χ3v) is 3.43. The molecule has 2 rings (SSSR count). The Morgan fingerprint density at radius 1 is 1.16 bits per heavy atom. The Kier molecular flexibility index (Phi) is 5.30. The number of aryl methyl sites for hydroxylation is 1. The summed E-state index contributed by atoms with van der Waals surface area (Å²) < 4.78 is 27.4. The van der Waals surface area contributed by atoms with Crippen LogP contribution in [0, 0.1) is 6.92 Å². The summed E-state index contributed by atoms with van der Waals surface area (Å²) in [6.07, 6.45) is 1.46. The van der Waals surface area contributed by atoms with Crippen molar-refractivity contribution >= 4 is 21.7 Å². The van der Waals surface area contributed by atoms with Crippen LogP contribution in [0.15, 0.2) is 41.4 Å². The average Bonchev–Trinajstić information content (AvgIpc) is 2.29. The Balaban J connectivity index is 0.00000180. The molecule has 1 heterocycles. The molecule has 0 radical (unpaired) electrons. The summed E-state index contributed by atoms with van der Waals surface area (Å²) in [5, 5.41) is 0. The number of nitrogens with two attached hydrogens (primary N) is 1. The Hall–Kier alpha value is -1.15. The topological polar surface area (TPSA) is 100 Å². The van der Waals surface area contributed by atoms with Crippen LogP contribution in [0.4, 0.5) is 11.6 Å². The van der Waals surface area contributed by atoms with Gasteiger partial charge in [-0.05, 0) is 43.1 Å². The van der Waals surface area contributed by atoms with Gasteiger partial charge in [0.05, 0.1) is 4.90 Å². The Morgan fingerprint density at radius 3 is 2.37 bits per heavy atom. The molecule has 0 saturated carbocycles. The molecule has 0 aliphatic carbocycles. The van der Waals surface area contributed by atoms with E-state index in [4.69, 9.17) is 5.73 Å². The second-order valence-corrected chi connectivity index (χ2v) is 5.24. The summed E-state index contributed by atoms with van der Waals surface area (Å²) >= 11 is 0. The van der Waals surface area contributed by atoms with E-state index in [2.05, 4.69) is 14.7 Å². The van der Waals surface area contributed by atoms with Gasteiger partial charge in [0.25, 0.3) is 0 Å². The molecule has 0 bridgehead atoms. The molecule has 0 saturated heterocycles. The summed E-state index contributed by atoms with van der Waals surface area (Å²) in [6.45, 7) is 1.73. The molecule has 0 amide bonds. The molecule has 2 N–H and O–H groups in total. The minimum atomic E-state index is -3.80. The maximum absolute atomic E-state index is 11.9. The van der Waals surface area contributed by atoms with Gasteiger partial charge < -0.3 is 15.7 Å². The van der Waals surface area contributed by atoms with Crippen LogP contribution in [0.25, 0.3) is 4.72 Å². The number of sulfonamides is 1. The van der Waals surface area contributed by atoms with Gasteiger partial charge in [0, 0.05) is 11.6 Å². The van der Waals surface area contributed by atoms with Crippen molar-refractivity contribution in [1.29, 1.82) is 0 Å². The van der Waals surface area contributed by atoms with Crippen LogP contribution in [-0.4, -0.2) is 18.4 Å². The number of benzene rings is 1. The molecule has 8 heteroatoms. The van der Waals surface area contributed by atoms with Crippen LogP contribution in [0.2, 0.25) is 0 Å². The Bertz CT molecular complexity index is 659. The molecule has 6 nitrogen and oxygen atoms in total. The Morgan fingerprint density at radius 2 is 1.79 bits per heavy atom. The molecule has 2 aromatic rings. The summed E-state index contributed by atoms with van der Waals surface area (Å²) in [5.74, 6) is -0.0770. The molecule has 1 aromatic heterocycles. The summed E-state index contributed by atoms with van der Waals surface area (Å²) in [4.78, 5) is 7.76. The van der Waals surface area contributed by atoms with Crippen molar-refractivity contribution in [2.45, 2.75) is 11.8 Å². The van der Waals surface area contributed by atoms with Crippen molar-refractivity contribution in [3.8, 4) is 0 Å². The van der Waals surface area contributed by atoms with Gasteiger partial charge in [-0.2, -0.15) is 0 Å². The fraction of sp³-hybridized carbons (Fsp3) is 0.0909. The zero-order valence-electron chi connectivity index (χ0n) is 10.6. The van der Waals surface area contributed by atoms with Crippen molar-refractivity contribution in [3.63, 3.8) is 0 Å². The fourth-order valence-electron chi connectivity index (χ4n) is 1.28. The smallest absolute Gasteiger partial charge is 0.399 e. The molecule has 0 aliphatic heterocycles. The van der Waals surface area contributed by atoms with Crippen molar-refractivity contribution in [2.75, 3.05) is 5.73 Å². The van der Waals surface area contributed by atoms with Gasteiger partial charge in [0.1, 0.15) is 0 Å². The molecular weight excluding hydrogens is 275 g/mol. The van der Waals surface area contributed by atoms with Gasteiger partial charge in [0.2, 0.25) is 10.0 Å². The Labute approximate surface area is 133 Å². The van der Waals surface area contributed by atoms with E-state index < -0.39 is 10.0 Å². The van der Waals surface area contributed by atoms with Crippen molar-refractivity contribution in [1.82, 2.24) is 9.97 Å². The summed E-state index contributed by atoms with van der Waals surface area (Å²) in [7, 11) is -3.80. The van der Waals surface area contributed by atoms with Gasteiger partial charge in [-0.15, -0.1) is 0 Å². The number of nitrogen functional groups attached to an aromatic ring is 1. The van der Waals surface area contributed by atoms with Gasteiger partial charge in [-0.3, -0.25) is 4.72 Å². The maximum atomic E-state index is 11.9. The fourth-order valence-corrected chi connectivity index (χ4v) is 2.17. The number of anilines is 1. The van der Waals surface area contributed by atoms with Crippen molar-refractivity contribution < 1.29 is 38.0 Å². The number of rotatable bonds is 3. The zero-order valence-corrected chi connectivity index (χ0v) is 13.4. The van der Waals surface area contributed by atoms with Gasteiger partial charge in [0.15, 0.2) is 0 Å². The first kappa shape index (κ1) is 15.9. The monoisotopic (exact) mass is 286 g/mol. The zero-order chi connectivity index (χ0) is 13.2. The molecule has 0 unspecified atom stereocenters. The van der Waals surface area contributed by atoms with E-state index >= 15 is 0 Å². The number of aromatic nitrogens is 2. The second kappa shape index (κ2) is 6.33. The molecule has 19 heavy (non-hydrogen) atoms. The second-order valence-electron chi connectivity index (χ2n) is 3.63. The molecule has 94 valence electrons. The first-order valence-electron chi connectivity index (χ1n) is 5.10. The summed E-state index contributed by atoms with van der Waals surface area (Å²) in [5.41, 5.74) is 6.63. The van der Waals surface area contributed by atoms with Crippen LogP contribution >= 0.6 is 0 Å². The molecule has 0 fully saturated rings. The first-order valence-corrected chi connectivity index (χ1v) is 6.54. The minimum Gasteiger partial charge on any atom is -0.399 e. The van der Waals surface area contributed by atoms with Crippen molar-refractivity contribution in [2.24, 2.45) is 0 Å². The SMILES string of the molecule is Cc1ccnc([N-]S(=O)(=O)c2ccc(N)cc2)n1.[Na+]. The van der Waals surface area contributed by atoms with E-state index in [-0.39, 0.29) is 40.4 Å². The normalized spacial score (nSPS) is 10.6. The summed E-state index contributed by atoms with van der Waals surface area (Å²) in [6, 6.07) is 7.45. The van der Waals surface area contributed by atoms with E-state index in [0.29, 0.717) is 11.4 Å². The van der Waals surface area contributed by atoms with Crippen LogP contribution in [-0.2, 0) is 10.0 Å². The minimum absolute atomic E-state index is 0. The van der Waals surface area contributed by atoms with E-state index in [1.807, 2.05) is 0 Å². The quantitative estimate of drug-likeness (QED) is 0.562. The molecule has 0 atom stereocenters. The van der Waals surface area contributed by atoms with Crippen LogP contribution in [0.3, 0.4) is 0 Å². The van der Waals surface area contributed by atoms with Crippen molar-refractivity contribution in [3.05, 3.63) is 46.9 Å². The van der Waals surface area contributed by atoms with E-state index in [0.717, 1.165) is 0 Å². The molecule has 0 aliphatic rings. The van der Waals surface area contributed by atoms with E-state index in [1.165, 1.54) is 30.5 Å². The maximum Gasteiger partial charge on any atom is 1.00 e. The number of hydrogen-bond donors (Lipinski definition) is 1. The molecule has 0 spiro atoms. The molecule has 1 aromatic carbocycles. The predicted molar refractivity (Wildman–Crippen MR) is 67.8 cm³/mol. The average molecular weight is 286 g/mol. The van der Waals surface area contributed by atoms with E-state index in [1.54, 1.807) is 13.0 Å². The third-order valence-electron chi connectivity index (χ3n) is 2.16. The van der Waals surface area contributed by atoms with Crippen LogP contribution in [0.5, 0.6) is 0 Å². The molecular formula is C11H11N4NaO2S. The predicted octanol–water partition coefficient (Wildman–Crippen LogP) is -1.23. The van der Waals surface area contributed by atoms with Gasteiger partial charge >= 0.3 is 29.6 Å². The largest absolute Gasteiger partial charge is 1.00 e. The third kappa shape index (κ3) is 4.17. The van der Waals surface area contributed by atoms with Crippen LogP contribution in [0.1, 0.15) is 5.69 Å². The van der Waals surface area contributed by atoms with Crippen LogP contribution < -0.4 is 35.3 Å². The van der Waals surface area contributed by atoms with Gasteiger partial charge in [-0.1, -0.05) is 6.07 Å². The number of nitrogens with zero attached hydrogens (tertiary/aromatic N) is 3.